The second-order valence-corrected chi connectivity index (χ2v) is 13.6. The van der Waals surface area contributed by atoms with E-state index in [4.69, 9.17) is 22.3 Å². The van der Waals surface area contributed by atoms with Crippen molar-refractivity contribution in [2.24, 2.45) is 17.2 Å². The number of thiol groups is 1. The van der Waals surface area contributed by atoms with E-state index < -0.39 is 133 Å². The third-order valence-electron chi connectivity index (χ3n) is 8.53. The molecule has 25 heteroatoms. The SMILES string of the molecule is C[C@@H](O)[C@H](NC(=O)[C@@H](N)CS)C(=O)N[C@@H](CCCCN)C(=O)N1CCC[C@H]1C(=O)N[C@H](C(=O)N[C@@H](CC(=O)O)C(=O)NCC(=O)N[C@@H](CC(N)=O)C(=O)O)[C@@H](C)O. The molecule has 1 aliphatic rings. The molecule has 1 saturated heterocycles. The normalized spacial score (nSPS) is 17.9. The lowest BCUT2D eigenvalue weighted by atomic mass is 10.0. The maximum absolute atomic E-state index is 13.9. The van der Waals surface area contributed by atoms with Crippen LogP contribution in [0.5, 0.6) is 0 Å². The first-order valence-corrected chi connectivity index (χ1v) is 18.5. The number of carboxylic acid groups (broad SMARTS) is 2. The topological polar surface area (TPSA) is 405 Å². The number of unbranched alkanes of at least 4 members (excludes halogenated alkanes) is 1. The standard InChI is InChI=1S/C32H54N10O14S/c1-14(43)24(40-26(49)16(34)13-57)29(52)38-17(6-3-4-8-33)31(54)42-9-5-7-20(42)28(51)41-25(15(2)44)30(53)39-18(11-23(47)48)27(50)36-12-22(46)37-19(32(55)56)10-21(35)45/h14-20,24-25,43-44,57H,3-13,33-34H2,1-2H3,(H2,35,45)(H,36,50)(H,37,46)(H,38,52)(H,39,53)(H,40,49)(H,41,51)(H,47,48)(H,55,56)/t14-,15-,16+,17+,18+,19+,20+,24+,25+/m1/s1. The van der Waals surface area contributed by atoms with Crippen LogP contribution in [0.3, 0.4) is 0 Å². The number of carbonyl (C=O) groups is 10. The second kappa shape index (κ2) is 24.5. The van der Waals surface area contributed by atoms with Crippen LogP contribution in [0.15, 0.2) is 0 Å². The maximum atomic E-state index is 13.9. The Balaban J connectivity index is 3.16. The molecule has 0 bridgehead atoms. The summed E-state index contributed by atoms with van der Waals surface area (Å²) in [5, 5.41) is 52.4. The molecule has 1 aliphatic heterocycles. The van der Waals surface area contributed by atoms with E-state index in [1.807, 2.05) is 10.6 Å². The van der Waals surface area contributed by atoms with Crippen LogP contribution in [0.4, 0.5) is 0 Å². The number of hydrogen-bond donors (Lipinski definition) is 14. The minimum absolute atomic E-state index is 0.0310. The first-order chi connectivity index (χ1) is 26.6. The highest BCUT2D eigenvalue weighted by Gasteiger charge is 2.41. The molecule has 0 aromatic heterocycles. The minimum Gasteiger partial charge on any atom is -0.481 e. The van der Waals surface area contributed by atoms with Crippen molar-refractivity contribution in [2.75, 3.05) is 25.4 Å². The Morgan fingerprint density at radius 3 is 1.86 bits per heavy atom. The fourth-order valence-electron chi connectivity index (χ4n) is 5.50. The van der Waals surface area contributed by atoms with Gasteiger partial charge in [-0.25, -0.2) is 4.79 Å². The van der Waals surface area contributed by atoms with Crippen molar-refractivity contribution in [2.45, 2.75) is 113 Å². The van der Waals surface area contributed by atoms with Gasteiger partial charge in [-0.1, -0.05) is 0 Å². The number of aliphatic carboxylic acids is 2. The Hall–Kier alpha value is -5.11. The van der Waals surface area contributed by atoms with Crippen molar-refractivity contribution in [3.63, 3.8) is 0 Å². The van der Waals surface area contributed by atoms with Gasteiger partial charge in [0.05, 0.1) is 37.6 Å². The Morgan fingerprint density at radius 1 is 0.772 bits per heavy atom. The van der Waals surface area contributed by atoms with Crippen LogP contribution in [-0.4, -0.2) is 164 Å². The maximum Gasteiger partial charge on any atom is 0.326 e. The number of amides is 8. The van der Waals surface area contributed by atoms with Crippen LogP contribution < -0.4 is 49.1 Å². The molecular weight excluding hydrogens is 780 g/mol. The lowest BCUT2D eigenvalue weighted by Gasteiger charge is -2.31. The molecule has 0 radical (unpaired) electrons. The van der Waals surface area contributed by atoms with E-state index in [0.29, 0.717) is 19.3 Å². The summed E-state index contributed by atoms with van der Waals surface area (Å²) in [7, 11) is 0. The summed E-state index contributed by atoms with van der Waals surface area (Å²) in [6, 6.07) is -10.5. The van der Waals surface area contributed by atoms with Gasteiger partial charge in [0.1, 0.15) is 36.3 Å². The number of nitrogens with one attached hydrogen (secondary N) is 6. The summed E-state index contributed by atoms with van der Waals surface area (Å²) in [5.74, 6) is -11.2. The number of carbonyl (C=O) groups excluding carboxylic acids is 8. The first kappa shape index (κ1) is 49.9. The molecule has 0 unspecified atom stereocenters. The van der Waals surface area contributed by atoms with Gasteiger partial charge in [-0.15, -0.1) is 0 Å². The zero-order valence-electron chi connectivity index (χ0n) is 31.5. The number of carboxylic acids is 2. The van der Waals surface area contributed by atoms with Gasteiger partial charge in [0.2, 0.25) is 47.3 Å². The minimum atomic E-state index is -1.88. The quantitative estimate of drug-likeness (QED) is 0.0300. The fourth-order valence-corrected chi connectivity index (χ4v) is 5.67. The number of likely N-dealkylation sites (tertiary alicyclic amines) is 1. The predicted octanol–water partition coefficient (Wildman–Crippen LogP) is -6.90. The van der Waals surface area contributed by atoms with Crippen LogP contribution in [0.1, 0.15) is 58.8 Å². The van der Waals surface area contributed by atoms with Gasteiger partial charge in [-0.3, -0.25) is 43.2 Å². The number of aliphatic hydroxyl groups is 2. The highest BCUT2D eigenvalue weighted by molar-refractivity contribution is 7.80. The summed E-state index contributed by atoms with van der Waals surface area (Å²) in [6.07, 6.45) is -3.63. The van der Waals surface area contributed by atoms with Gasteiger partial charge < -0.3 is 74.4 Å². The van der Waals surface area contributed by atoms with Crippen molar-refractivity contribution in [1.29, 1.82) is 0 Å². The number of rotatable bonds is 25. The van der Waals surface area contributed by atoms with Gasteiger partial charge in [0.15, 0.2) is 0 Å². The van der Waals surface area contributed by atoms with Crippen molar-refractivity contribution in [3.05, 3.63) is 0 Å². The van der Waals surface area contributed by atoms with E-state index >= 15 is 0 Å². The molecule has 9 atom stereocenters. The van der Waals surface area contributed by atoms with Gasteiger partial charge >= 0.3 is 11.9 Å². The van der Waals surface area contributed by atoms with Crippen LogP contribution in [0, 0.1) is 0 Å². The lowest BCUT2D eigenvalue weighted by molar-refractivity contribution is -0.144. The molecule has 0 aromatic rings. The average Bonchev–Trinajstić information content (AvgIpc) is 3.62. The summed E-state index contributed by atoms with van der Waals surface area (Å²) in [4.78, 5) is 126. The number of hydrogen-bond acceptors (Lipinski definition) is 15. The Kier molecular flexibility index (Phi) is 21.5. The van der Waals surface area contributed by atoms with Crippen LogP contribution in [0.2, 0.25) is 0 Å². The smallest absolute Gasteiger partial charge is 0.326 e. The first-order valence-electron chi connectivity index (χ1n) is 17.9. The van der Waals surface area contributed by atoms with E-state index in [1.54, 1.807) is 0 Å². The average molecular weight is 835 g/mol. The third-order valence-corrected chi connectivity index (χ3v) is 8.93. The monoisotopic (exact) mass is 834 g/mol. The van der Waals surface area contributed by atoms with Gasteiger partial charge in [-0.2, -0.15) is 12.6 Å². The fraction of sp³-hybridized carbons (Fsp3) is 0.688. The molecule has 16 N–H and O–H groups in total. The molecule has 1 heterocycles. The Labute approximate surface area is 332 Å². The second-order valence-electron chi connectivity index (χ2n) is 13.3. The zero-order chi connectivity index (χ0) is 43.6. The molecule has 1 fully saturated rings. The molecule has 0 spiro atoms. The van der Waals surface area contributed by atoms with Gasteiger partial charge in [-0.05, 0) is 52.5 Å². The van der Waals surface area contributed by atoms with Crippen molar-refractivity contribution >= 4 is 71.8 Å². The predicted molar refractivity (Wildman–Crippen MR) is 199 cm³/mol. The van der Waals surface area contributed by atoms with E-state index in [0.717, 1.165) is 11.8 Å². The molecule has 8 amide bonds. The number of nitrogens with zero attached hydrogens (tertiary/aromatic N) is 1. The summed E-state index contributed by atoms with van der Waals surface area (Å²) in [6.45, 7) is 1.72. The van der Waals surface area contributed by atoms with E-state index in [-0.39, 0.29) is 31.7 Å². The summed E-state index contributed by atoms with van der Waals surface area (Å²) < 4.78 is 0. The van der Waals surface area contributed by atoms with E-state index in [2.05, 4.69) is 33.9 Å². The van der Waals surface area contributed by atoms with Crippen molar-refractivity contribution in [1.82, 2.24) is 36.8 Å². The van der Waals surface area contributed by atoms with Crippen molar-refractivity contribution < 1.29 is 68.4 Å². The molecular formula is C32H54N10O14S. The summed E-state index contributed by atoms with van der Waals surface area (Å²) in [5.41, 5.74) is 16.2. The molecule has 0 saturated carbocycles. The number of aliphatic hydroxyl groups excluding tert-OH is 2. The lowest BCUT2D eigenvalue weighted by Crippen LogP contribution is -2.61. The Bertz CT molecular complexity index is 1480. The molecule has 322 valence electrons. The molecule has 0 aromatic carbocycles. The number of nitrogens with two attached hydrogens (primary N) is 3. The molecule has 57 heavy (non-hydrogen) atoms. The van der Waals surface area contributed by atoms with Crippen LogP contribution >= 0.6 is 12.6 Å². The van der Waals surface area contributed by atoms with Crippen LogP contribution in [-0.2, 0) is 47.9 Å². The highest BCUT2D eigenvalue weighted by atomic mass is 32.1. The molecule has 0 aliphatic carbocycles. The van der Waals surface area contributed by atoms with E-state index in [9.17, 15) is 63.3 Å². The molecule has 24 nitrogen and oxygen atoms in total. The Morgan fingerprint density at radius 2 is 1.35 bits per heavy atom. The number of primary amides is 1. The van der Waals surface area contributed by atoms with Gasteiger partial charge in [0.25, 0.3) is 0 Å². The summed E-state index contributed by atoms with van der Waals surface area (Å²) >= 11 is 3.94. The van der Waals surface area contributed by atoms with Gasteiger partial charge in [0, 0.05) is 12.3 Å². The van der Waals surface area contributed by atoms with E-state index in [1.165, 1.54) is 6.92 Å². The third kappa shape index (κ3) is 16.9. The zero-order valence-corrected chi connectivity index (χ0v) is 32.4. The molecule has 1 rings (SSSR count). The highest BCUT2D eigenvalue weighted by Crippen LogP contribution is 2.21. The van der Waals surface area contributed by atoms with Crippen LogP contribution in [0.25, 0.3) is 0 Å². The largest absolute Gasteiger partial charge is 0.481 e. The van der Waals surface area contributed by atoms with Crippen molar-refractivity contribution in [3.8, 4) is 0 Å².